The first-order chi connectivity index (χ1) is 13.8. The van der Waals surface area contributed by atoms with E-state index in [0.29, 0.717) is 22.2 Å². The molecule has 0 atom stereocenters. The number of para-hydroxylation sites is 1. The van der Waals surface area contributed by atoms with E-state index >= 15 is 0 Å². The maximum absolute atomic E-state index is 12.3. The fraction of sp³-hybridized carbons (Fsp3) is 0.150. The van der Waals surface area contributed by atoms with Crippen molar-refractivity contribution in [2.75, 3.05) is 5.32 Å². The number of anilines is 1. The van der Waals surface area contributed by atoms with Crippen molar-refractivity contribution in [3.8, 4) is 11.5 Å². The Balaban J connectivity index is 1.63. The first kappa shape index (κ1) is 21.0. The Morgan fingerprint density at radius 3 is 2.62 bits per heavy atom. The molecular weight excluding hydrogens is 427 g/mol. The predicted molar refractivity (Wildman–Crippen MR) is 105 cm³/mol. The van der Waals surface area contributed by atoms with E-state index in [9.17, 15) is 13.6 Å². The lowest BCUT2D eigenvalue weighted by molar-refractivity contribution is -0.0497. The average molecular weight is 442 g/mol. The lowest BCUT2D eigenvalue weighted by Crippen LogP contribution is -2.11. The van der Waals surface area contributed by atoms with Crippen LogP contribution < -0.4 is 14.8 Å². The van der Waals surface area contributed by atoms with E-state index in [4.69, 9.17) is 32.4 Å². The van der Waals surface area contributed by atoms with Crippen LogP contribution in [0.15, 0.2) is 52.9 Å². The highest BCUT2D eigenvalue weighted by Gasteiger charge is 2.15. The van der Waals surface area contributed by atoms with Crippen LogP contribution in [-0.2, 0) is 6.61 Å². The zero-order chi connectivity index (χ0) is 21.0. The van der Waals surface area contributed by atoms with E-state index in [0.717, 1.165) is 5.56 Å². The van der Waals surface area contributed by atoms with Gasteiger partial charge in [-0.3, -0.25) is 4.79 Å². The van der Waals surface area contributed by atoms with Gasteiger partial charge in [-0.2, -0.15) is 8.78 Å². The van der Waals surface area contributed by atoms with Gasteiger partial charge in [0.1, 0.15) is 23.9 Å². The molecule has 1 amide bonds. The number of furan rings is 1. The Morgan fingerprint density at radius 1 is 1.14 bits per heavy atom. The number of carbonyl (C=O) groups excluding carboxylic acids is 1. The molecule has 0 saturated carbocycles. The molecule has 0 radical (unpaired) electrons. The fourth-order valence-electron chi connectivity index (χ4n) is 2.48. The highest BCUT2D eigenvalue weighted by molar-refractivity contribution is 6.32. The molecule has 3 rings (SSSR count). The molecule has 9 heteroatoms. The van der Waals surface area contributed by atoms with Crippen molar-refractivity contribution in [2.24, 2.45) is 0 Å². The van der Waals surface area contributed by atoms with Crippen molar-refractivity contribution in [3.05, 3.63) is 75.7 Å². The summed E-state index contributed by atoms with van der Waals surface area (Å²) in [7, 11) is 0. The number of nitrogens with one attached hydrogen (secondary N) is 1. The minimum Gasteiger partial charge on any atom is -0.484 e. The molecule has 0 saturated heterocycles. The second-order valence-corrected chi connectivity index (χ2v) is 6.73. The molecule has 152 valence electrons. The highest BCUT2D eigenvalue weighted by atomic mass is 35.5. The van der Waals surface area contributed by atoms with Gasteiger partial charge in [-0.05, 0) is 48.9 Å². The number of aryl methyl sites for hydroxylation is 1. The van der Waals surface area contributed by atoms with Gasteiger partial charge in [0.15, 0.2) is 5.76 Å². The summed E-state index contributed by atoms with van der Waals surface area (Å²) in [6, 6.07) is 12.4. The molecule has 3 aromatic rings. The van der Waals surface area contributed by atoms with E-state index in [1.807, 2.05) is 19.1 Å². The number of hydrogen-bond donors (Lipinski definition) is 1. The topological polar surface area (TPSA) is 60.7 Å². The maximum Gasteiger partial charge on any atom is 0.387 e. The first-order valence-corrected chi connectivity index (χ1v) is 9.11. The van der Waals surface area contributed by atoms with Crippen molar-refractivity contribution >= 4 is 34.8 Å². The Labute approximate surface area is 175 Å². The molecular formula is C20H15Cl2F2NO4. The number of rotatable bonds is 7. The molecule has 2 aromatic carbocycles. The number of benzene rings is 2. The van der Waals surface area contributed by atoms with E-state index in [1.54, 1.807) is 12.1 Å². The van der Waals surface area contributed by atoms with Crippen LogP contribution in [0.2, 0.25) is 10.0 Å². The van der Waals surface area contributed by atoms with Gasteiger partial charge in [0.2, 0.25) is 0 Å². The minimum absolute atomic E-state index is 0.0449. The minimum atomic E-state index is -2.99. The van der Waals surface area contributed by atoms with Crippen LogP contribution in [0.1, 0.15) is 21.9 Å². The van der Waals surface area contributed by atoms with Gasteiger partial charge >= 0.3 is 6.61 Å². The van der Waals surface area contributed by atoms with Gasteiger partial charge in [-0.1, -0.05) is 35.3 Å². The number of ether oxygens (including phenoxy) is 2. The van der Waals surface area contributed by atoms with E-state index < -0.39 is 12.5 Å². The van der Waals surface area contributed by atoms with E-state index in [2.05, 4.69) is 10.1 Å². The van der Waals surface area contributed by atoms with Gasteiger partial charge in [0.05, 0.1) is 10.0 Å². The second kappa shape index (κ2) is 9.15. The molecule has 5 nitrogen and oxygen atoms in total. The third kappa shape index (κ3) is 5.40. The van der Waals surface area contributed by atoms with E-state index in [1.165, 1.54) is 24.3 Å². The number of amides is 1. The summed E-state index contributed by atoms with van der Waals surface area (Å²) >= 11 is 12.0. The summed E-state index contributed by atoms with van der Waals surface area (Å²) in [6.07, 6.45) is 0. The largest absolute Gasteiger partial charge is 0.484 e. The van der Waals surface area contributed by atoms with Crippen LogP contribution in [0.3, 0.4) is 0 Å². The summed E-state index contributed by atoms with van der Waals surface area (Å²) in [5.74, 6) is 0.282. The molecule has 1 N–H and O–H groups in total. The average Bonchev–Trinajstić information content (AvgIpc) is 3.12. The maximum atomic E-state index is 12.3. The van der Waals surface area contributed by atoms with Crippen molar-refractivity contribution in [3.63, 3.8) is 0 Å². The number of hydrogen-bond acceptors (Lipinski definition) is 4. The summed E-state index contributed by atoms with van der Waals surface area (Å²) in [5.41, 5.74) is 1.17. The molecule has 0 aliphatic carbocycles. The van der Waals surface area contributed by atoms with Crippen molar-refractivity contribution in [1.29, 1.82) is 0 Å². The van der Waals surface area contributed by atoms with Crippen molar-refractivity contribution in [2.45, 2.75) is 20.1 Å². The van der Waals surface area contributed by atoms with Gasteiger partial charge in [0, 0.05) is 5.69 Å². The Morgan fingerprint density at radius 2 is 1.93 bits per heavy atom. The number of carbonyl (C=O) groups is 1. The van der Waals surface area contributed by atoms with Crippen molar-refractivity contribution in [1.82, 2.24) is 0 Å². The van der Waals surface area contributed by atoms with Crippen molar-refractivity contribution < 1.29 is 27.5 Å². The third-order valence-electron chi connectivity index (χ3n) is 3.81. The smallest absolute Gasteiger partial charge is 0.387 e. The molecule has 1 heterocycles. The van der Waals surface area contributed by atoms with Crippen LogP contribution in [0.5, 0.6) is 11.5 Å². The van der Waals surface area contributed by atoms with Gasteiger partial charge in [0.25, 0.3) is 5.91 Å². The van der Waals surface area contributed by atoms with Gasteiger partial charge in [-0.15, -0.1) is 0 Å². The summed E-state index contributed by atoms with van der Waals surface area (Å²) in [5, 5.41) is 2.98. The quantitative estimate of drug-likeness (QED) is 0.465. The summed E-state index contributed by atoms with van der Waals surface area (Å²) in [4.78, 5) is 12.3. The predicted octanol–water partition coefficient (Wildman–Crippen LogP) is 6.33. The summed E-state index contributed by atoms with van der Waals surface area (Å²) in [6.45, 7) is -1.04. The number of alkyl halides is 2. The van der Waals surface area contributed by atoms with E-state index in [-0.39, 0.29) is 23.1 Å². The molecule has 0 bridgehead atoms. The lowest BCUT2D eigenvalue weighted by Gasteiger charge is -2.09. The SMILES string of the molecule is Cc1cccc(Cl)c1OCc1ccc(C(=O)Nc2ccc(OC(F)F)c(Cl)c2)o1. The Kier molecular flexibility index (Phi) is 6.61. The number of halogens is 4. The summed E-state index contributed by atoms with van der Waals surface area (Å²) < 4.78 is 40.0. The molecule has 0 fully saturated rings. The first-order valence-electron chi connectivity index (χ1n) is 8.36. The monoisotopic (exact) mass is 441 g/mol. The van der Waals surface area contributed by atoms with Gasteiger partial charge in [-0.25, -0.2) is 0 Å². The van der Waals surface area contributed by atoms with Gasteiger partial charge < -0.3 is 19.2 Å². The second-order valence-electron chi connectivity index (χ2n) is 5.92. The standard InChI is InChI=1S/C20H15Cl2F2NO4/c1-11-3-2-4-14(21)18(11)27-10-13-6-8-17(28-13)19(26)25-12-5-7-16(15(22)9-12)29-20(23)24/h2-9,20H,10H2,1H3,(H,25,26). The zero-order valence-corrected chi connectivity index (χ0v) is 16.6. The van der Waals surface area contributed by atoms with Crippen LogP contribution in [-0.4, -0.2) is 12.5 Å². The molecule has 0 aliphatic rings. The fourth-order valence-corrected chi connectivity index (χ4v) is 2.98. The zero-order valence-electron chi connectivity index (χ0n) is 15.0. The molecule has 0 spiro atoms. The Hall–Kier alpha value is -2.77. The van der Waals surface area contributed by atoms with Crippen LogP contribution in [0.25, 0.3) is 0 Å². The Bertz CT molecular complexity index is 1000. The van der Waals surface area contributed by atoms with Crippen LogP contribution in [0, 0.1) is 6.92 Å². The normalized spacial score (nSPS) is 10.8. The highest BCUT2D eigenvalue weighted by Crippen LogP contribution is 2.30. The molecule has 1 aromatic heterocycles. The molecule has 29 heavy (non-hydrogen) atoms. The molecule has 0 aliphatic heterocycles. The lowest BCUT2D eigenvalue weighted by atomic mass is 10.2. The van der Waals surface area contributed by atoms with Crippen LogP contribution in [0.4, 0.5) is 14.5 Å². The van der Waals surface area contributed by atoms with Crippen LogP contribution >= 0.6 is 23.2 Å². The third-order valence-corrected chi connectivity index (χ3v) is 4.41. The molecule has 0 unspecified atom stereocenters.